The van der Waals surface area contributed by atoms with E-state index in [0.717, 1.165) is 0 Å². The standard InChI is InChI=1S/C11H16FNO2S/c1-16(14,15)7-3-6-11(13)9-4-2-5-10(12)8-9/h2,4-5,8,11H,3,6-7,13H2,1H3. The smallest absolute Gasteiger partial charge is 0.147 e. The fourth-order valence-electron chi connectivity index (χ4n) is 1.47. The molecular weight excluding hydrogens is 229 g/mol. The summed E-state index contributed by atoms with van der Waals surface area (Å²) in [4.78, 5) is 0. The molecule has 0 aliphatic heterocycles. The highest BCUT2D eigenvalue weighted by molar-refractivity contribution is 7.90. The molecule has 2 N–H and O–H groups in total. The number of nitrogens with two attached hydrogens (primary N) is 1. The minimum Gasteiger partial charge on any atom is -0.324 e. The molecule has 0 fully saturated rings. The predicted molar refractivity (Wildman–Crippen MR) is 62.3 cm³/mol. The summed E-state index contributed by atoms with van der Waals surface area (Å²) in [5, 5.41) is 0. The van der Waals surface area contributed by atoms with E-state index in [1.165, 1.54) is 18.4 Å². The van der Waals surface area contributed by atoms with Gasteiger partial charge in [0.25, 0.3) is 0 Å². The molecule has 1 aromatic carbocycles. The summed E-state index contributed by atoms with van der Waals surface area (Å²) >= 11 is 0. The maximum absolute atomic E-state index is 12.9. The van der Waals surface area contributed by atoms with E-state index in [4.69, 9.17) is 5.73 Å². The molecule has 1 rings (SSSR count). The first-order valence-corrected chi connectivity index (χ1v) is 7.13. The molecule has 0 spiro atoms. The van der Waals surface area contributed by atoms with Crippen LogP contribution in [0.5, 0.6) is 0 Å². The van der Waals surface area contributed by atoms with Gasteiger partial charge in [-0.1, -0.05) is 12.1 Å². The monoisotopic (exact) mass is 245 g/mol. The van der Waals surface area contributed by atoms with Crippen LogP contribution in [0.25, 0.3) is 0 Å². The van der Waals surface area contributed by atoms with Crippen molar-refractivity contribution in [3.8, 4) is 0 Å². The van der Waals surface area contributed by atoms with Gasteiger partial charge >= 0.3 is 0 Å². The molecule has 1 aromatic rings. The maximum atomic E-state index is 12.9. The summed E-state index contributed by atoms with van der Waals surface area (Å²) in [5.41, 5.74) is 6.53. The number of hydrogen-bond donors (Lipinski definition) is 1. The van der Waals surface area contributed by atoms with Crippen molar-refractivity contribution in [2.24, 2.45) is 5.73 Å². The zero-order chi connectivity index (χ0) is 12.2. The van der Waals surface area contributed by atoms with Crippen LogP contribution in [-0.4, -0.2) is 20.4 Å². The Morgan fingerprint density at radius 1 is 1.44 bits per heavy atom. The van der Waals surface area contributed by atoms with E-state index in [0.29, 0.717) is 18.4 Å². The molecule has 1 unspecified atom stereocenters. The molecular formula is C11H16FNO2S. The van der Waals surface area contributed by atoms with Crippen LogP contribution in [0.2, 0.25) is 0 Å². The van der Waals surface area contributed by atoms with Crippen LogP contribution < -0.4 is 5.73 Å². The quantitative estimate of drug-likeness (QED) is 0.858. The highest BCUT2D eigenvalue weighted by atomic mass is 32.2. The van der Waals surface area contributed by atoms with Gasteiger partial charge in [0, 0.05) is 18.1 Å². The lowest BCUT2D eigenvalue weighted by Crippen LogP contribution is -2.12. The third-order valence-electron chi connectivity index (χ3n) is 2.31. The van der Waals surface area contributed by atoms with Crippen molar-refractivity contribution in [2.75, 3.05) is 12.0 Å². The van der Waals surface area contributed by atoms with Crippen molar-refractivity contribution in [2.45, 2.75) is 18.9 Å². The van der Waals surface area contributed by atoms with E-state index < -0.39 is 9.84 Å². The summed E-state index contributed by atoms with van der Waals surface area (Å²) in [5.74, 6) is -0.202. The molecule has 0 bridgehead atoms. The van der Waals surface area contributed by atoms with Gasteiger partial charge in [-0.25, -0.2) is 12.8 Å². The van der Waals surface area contributed by atoms with Gasteiger partial charge in [-0.15, -0.1) is 0 Å². The molecule has 5 heteroatoms. The minimum atomic E-state index is -2.94. The van der Waals surface area contributed by atoms with Crippen LogP contribution in [0.3, 0.4) is 0 Å². The molecule has 16 heavy (non-hydrogen) atoms. The van der Waals surface area contributed by atoms with Crippen molar-refractivity contribution < 1.29 is 12.8 Å². The average molecular weight is 245 g/mol. The van der Waals surface area contributed by atoms with Gasteiger partial charge in [0.05, 0.1) is 0 Å². The Labute approximate surface area is 95.4 Å². The number of rotatable bonds is 5. The van der Waals surface area contributed by atoms with E-state index >= 15 is 0 Å². The Morgan fingerprint density at radius 3 is 2.69 bits per heavy atom. The first-order valence-electron chi connectivity index (χ1n) is 5.07. The Kier molecular flexibility index (Phi) is 4.44. The zero-order valence-electron chi connectivity index (χ0n) is 9.19. The summed E-state index contributed by atoms with van der Waals surface area (Å²) in [6.07, 6.45) is 2.23. The van der Waals surface area contributed by atoms with Crippen LogP contribution in [-0.2, 0) is 9.84 Å². The van der Waals surface area contributed by atoms with Gasteiger partial charge in [-0.05, 0) is 30.5 Å². The molecule has 0 aromatic heterocycles. The van der Waals surface area contributed by atoms with Crippen LogP contribution in [0, 0.1) is 5.82 Å². The SMILES string of the molecule is CS(=O)(=O)CCCC(N)c1cccc(F)c1. The lowest BCUT2D eigenvalue weighted by atomic mass is 10.0. The number of sulfone groups is 1. The predicted octanol–water partition coefficient (Wildman–Crippen LogP) is 1.65. The fourth-order valence-corrected chi connectivity index (χ4v) is 2.16. The molecule has 0 amide bonds. The number of halogens is 1. The van der Waals surface area contributed by atoms with Crippen molar-refractivity contribution in [1.82, 2.24) is 0 Å². The second-order valence-electron chi connectivity index (χ2n) is 3.93. The van der Waals surface area contributed by atoms with Gasteiger partial charge in [0.1, 0.15) is 15.7 Å². The zero-order valence-corrected chi connectivity index (χ0v) is 10.0. The van der Waals surface area contributed by atoms with E-state index in [2.05, 4.69) is 0 Å². The first kappa shape index (κ1) is 13.1. The average Bonchev–Trinajstić information content (AvgIpc) is 2.15. The van der Waals surface area contributed by atoms with E-state index in [9.17, 15) is 12.8 Å². The second-order valence-corrected chi connectivity index (χ2v) is 6.19. The van der Waals surface area contributed by atoms with Gasteiger partial charge in [0.2, 0.25) is 0 Å². The van der Waals surface area contributed by atoms with Gasteiger partial charge in [0.15, 0.2) is 0 Å². The van der Waals surface area contributed by atoms with Gasteiger partial charge < -0.3 is 5.73 Å². The third kappa shape index (κ3) is 4.72. The number of hydrogen-bond acceptors (Lipinski definition) is 3. The topological polar surface area (TPSA) is 60.2 Å². The van der Waals surface area contributed by atoms with Crippen LogP contribution in [0.4, 0.5) is 4.39 Å². The summed E-state index contributed by atoms with van der Waals surface area (Å²) in [6, 6.07) is 5.77. The van der Waals surface area contributed by atoms with Crippen molar-refractivity contribution in [3.05, 3.63) is 35.6 Å². The highest BCUT2D eigenvalue weighted by Crippen LogP contribution is 2.16. The summed E-state index contributed by atoms with van der Waals surface area (Å²) in [7, 11) is -2.94. The third-order valence-corrected chi connectivity index (χ3v) is 3.34. The Bertz CT molecular complexity index is 445. The molecule has 0 aliphatic rings. The van der Waals surface area contributed by atoms with E-state index in [1.54, 1.807) is 12.1 Å². The molecule has 0 radical (unpaired) electrons. The van der Waals surface area contributed by atoms with Crippen molar-refractivity contribution >= 4 is 9.84 Å². The Morgan fingerprint density at radius 2 is 2.12 bits per heavy atom. The molecule has 3 nitrogen and oxygen atoms in total. The lowest BCUT2D eigenvalue weighted by Gasteiger charge is -2.11. The van der Waals surface area contributed by atoms with Crippen LogP contribution in [0.15, 0.2) is 24.3 Å². The van der Waals surface area contributed by atoms with E-state index in [-0.39, 0.29) is 17.6 Å². The molecule has 0 saturated carbocycles. The van der Waals surface area contributed by atoms with Crippen LogP contribution >= 0.6 is 0 Å². The molecule has 0 saturated heterocycles. The molecule has 0 heterocycles. The number of benzene rings is 1. The van der Waals surface area contributed by atoms with E-state index in [1.807, 2.05) is 0 Å². The molecule has 1 atom stereocenters. The Hall–Kier alpha value is -0.940. The first-order chi connectivity index (χ1) is 7.38. The normalized spacial score (nSPS) is 13.7. The van der Waals surface area contributed by atoms with Crippen molar-refractivity contribution in [1.29, 1.82) is 0 Å². The minimum absolute atomic E-state index is 0.121. The second kappa shape index (κ2) is 5.41. The largest absolute Gasteiger partial charge is 0.324 e. The van der Waals surface area contributed by atoms with Crippen LogP contribution in [0.1, 0.15) is 24.4 Å². The maximum Gasteiger partial charge on any atom is 0.147 e. The summed E-state index contributed by atoms with van der Waals surface area (Å²) < 4.78 is 34.7. The van der Waals surface area contributed by atoms with Crippen molar-refractivity contribution in [3.63, 3.8) is 0 Å². The fraction of sp³-hybridized carbons (Fsp3) is 0.455. The molecule has 0 aliphatic carbocycles. The highest BCUT2D eigenvalue weighted by Gasteiger charge is 2.08. The lowest BCUT2D eigenvalue weighted by molar-refractivity contribution is 0.584. The van der Waals surface area contributed by atoms with Gasteiger partial charge in [-0.2, -0.15) is 0 Å². The Balaban J connectivity index is 2.50. The van der Waals surface area contributed by atoms with Gasteiger partial charge in [-0.3, -0.25) is 0 Å². The summed E-state index contributed by atoms with van der Waals surface area (Å²) in [6.45, 7) is 0. The molecule has 90 valence electrons.